The Hall–Kier alpha value is -1.69. The van der Waals surface area contributed by atoms with Crippen LogP contribution in [0.2, 0.25) is 0 Å². The highest BCUT2D eigenvalue weighted by Gasteiger charge is 2.27. The van der Waals surface area contributed by atoms with Gasteiger partial charge >= 0.3 is 0 Å². The number of rotatable bonds is 4. The molecule has 1 aromatic carbocycles. The van der Waals surface area contributed by atoms with E-state index >= 15 is 0 Å². The number of halogens is 2. The topological polar surface area (TPSA) is 47.6 Å². The van der Waals surface area contributed by atoms with Crippen molar-refractivity contribution in [3.05, 3.63) is 29.8 Å². The fraction of sp³-hybridized carbons (Fsp3) is 0.611. The number of carbonyl (C=O) groups is 1. The van der Waals surface area contributed by atoms with E-state index in [1.807, 2.05) is 0 Å². The Labute approximate surface area is 140 Å². The smallest absolute Gasteiger partial charge is 0.225 e. The number of nitrogens with one attached hydrogen (secondary N) is 1. The van der Waals surface area contributed by atoms with Gasteiger partial charge in [0, 0.05) is 30.8 Å². The summed E-state index contributed by atoms with van der Waals surface area (Å²) in [5.74, 6) is -1.02. The molecule has 2 fully saturated rings. The van der Waals surface area contributed by atoms with Crippen LogP contribution in [0.1, 0.15) is 38.5 Å². The third kappa shape index (κ3) is 4.66. The quantitative estimate of drug-likeness (QED) is 0.916. The zero-order chi connectivity index (χ0) is 16.9. The van der Waals surface area contributed by atoms with Crippen molar-refractivity contribution in [2.45, 2.75) is 50.7 Å². The zero-order valence-electron chi connectivity index (χ0n) is 13.6. The van der Waals surface area contributed by atoms with E-state index < -0.39 is 11.6 Å². The van der Waals surface area contributed by atoms with Crippen LogP contribution in [0.5, 0.6) is 5.75 Å². The van der Waals surface area contributed by atoms with Gasteiger partial charge in [-0.3, -0.25) is 4.79 Å². The average molecular weight is 339 g/mol. The van der Waals surface area contributed by atoms with E-state index in [0.29, 0.717) is 6.61 Å². The van der Waals surface area contributed by atoms with Crippen LogP contribution in [-0.4, -0.2) is 31.3 Å². The van der Waals surface area contributed by atoms with Gasteiger partial charge in [-0.05, 0) is 38.5 Å². The van der Waals surface area contributed by atoms with Crippen LogP contribution in [0.25, 0.3) is 0 Å². The number of amides is 1. The maximum absolute atomic E-state index is 13.2. The van der Waals surface area contributed by atoms with Crippen LogP contribution in [0.4, 0.5) is 8.78 Å². The van der Waals surface area contributed by atoms with Crippen molar-refractivity contribution in [2.75, 3.05) is 13.2 Å². The number of benzene rings is 1. The first-order valence-electron chi connectivity index (χ1n) is 8.61. The lowest BCUT2D eigenvalue weighted by Crippen LogP contribution is -2.44. The lowest BCUT2D eigenvalue weighted by molar-refractivity contribution is -0.130. The molecule has 1 heterocycles. The first kappa shape index (κ1) is 17.1. The normalized spacial score (nSPS) is 27.5. The summed E-state index contributed by atoms with van der Waals surface area (Å²) >= 11 is 0. The van der Waals surface area contributed by atoms with Crippen LogP contribution in [-0.2, 0) is 9.53 Å². The minimum Gasteiger partial charge on any atom is -0.490 e. The van der Waals surface area contributed by atoms with Crippen molar-refractivity contribution in [2.24, 2.45) is 5.92 Å². The van der Waals surface area contributed by atoms with Crippen molar-refractivity contribution < 1.29 is 23.0 Å². The second-order valence-corrected chi connectivity index (χ2v) is 6.62. The predicted molar refractivity (Wildman–Crippen MR) is 84.7 cm³/mol. The van der Waals surface area contributed by atoms with Gasteiger partial charge < -0.3 is 14.8 Å². The molecule has 1 saturated carbocycles. The molecule has 3 rings (SSSR count). The monoisotopic (exact) mass is 339 g/mol. The first-order chi connectivity index (χ1) is 11.6. The van der Waals surface area contributed by atoms with Crippen LogP contribution in [0, 0.1) is 17.6 Å². The Morgan fingerprint density at radius 3 is 2.42 bits per heavy atom. The number of ether oxygens (including phenoxy) is 2. The third-order valence-electron chi connectivity index (χ3n) is 4.69. The van der Waals surface area contributed by atoms with E-state index in [2.05, 4.69) is 5.32 Å². The molecule has 1 unspecified atom stereocenters. The highest BCUT2D eigenvalue weighted by molar-refractivity contribution is 5.79. The number of hydrogen-bond acceptors (Lipinski definition) is 3. The van der Waals surface area contributed by atoms with Crippen LogP contribution in [0.3, 0.4) is 0 Å². The van der Waals surface area contributed by atoms with E-state index in [1.54, 1.807) is 0 Å². The Kier molecular flexibility index (Phi) is 5.66. The zero-order valence-corrected chi connectivity index (χ0v) is 13.6. The van der Waals surface area contributed by atoms with Gasteiger partial charge in [0.2, 0.25) is 5.91 Å². The Morgan fingerprint density at radius 2 is 1.79 bits per heavy atom. The summed E-state index contributed by atoms with van der Waals surface area (Å²) in [6, 6.07) is 3.36. The van der Waals surface area contributed by atoms with Crippen LogP contribution >= 0.6 is 0 Å². The molecule has 1 aliphatic carbocycles. The summed E-state index contributed by atoms with van der Waals surface area (Å²) < 4.78 is 37.4. The molecule has 0 aromatic heterocycles. The molecule has 0 spiro atoms. The van der Waals surface area contributed by atoms with E-state index in [1.165, 1.54) is 12.1 Å². The van der Waals surface area contributed by atoms with Gasteiger partial charge in [0.15, 0.2) is 0 Å². The lowest BCUT2D eigenvalue weighted by atomic mass is 9.92. The second-order valence-electron chi connectivity index (χ2n) is 6.62. The Balaban J connectivity index is 1.44. The van der Waals surface area contributed by atoms with Gasteiger partial charge in [-0.15, -0.1) is 0 Å². The molecule has 2 aliphatic rings. The van der Waals surface area contributed by atoms with Gasteiger partial charge in [0.1, 0.15) is 17.4 Å². The molecular formula is C18H23F2NO3. The summed E-state index contributed by atoms with van der Waals surface area (Å²) in [6.07, 6.45) is 4.87. The Bertz CT molecular complexity index is 547. The Morgan fingerprint density at radius 1 is 1.08 bits per heavy atom. The number of carbonyl (C=O) groups excluding carboxylic acids is 1. The molecule has 6 heteroatoms. The summed E-state index contributed by atoms with van der Waals surface area (Å²) in [6.45, 7) is 1.25. The van der Waals surface area contributed by atoms with Gasteiger partial charge in [-0.1, -0.05) is 0 Å². The molecule has 1 amide bonds. The van der Waals surface area contributed by atoms with Crippen molar-refractivity contribution >= 4 is 5.91 Å². The summed E-state index contributed by atoms with van der Waals surface area (Å²) in [5.41, 5.74) is 0. The molecule has 4 nitrogen and oxygen atoms in total. The van der Waals surface area contributed by atoms with Crippen molar-refractivity contribution in [1.82, 2.24) is 5.32 Å². The second kappa shape index (κ2) is 7.92. The fourth-order valence-corrected chi connectivity index (χ4v) is 3.38. The van der Waals surface area contributed by atoms with Gasteiger partial charge in [0.25, 0.3) is 0 Å². The molecule has 132 valence electrons. The van der Waals surface area contributed by atoms with Crippen molar-refractivity contribution in [1.29, 1.82) is 0 Å². The molecule has 0 bridgehead atoms. The molecule has 1 aliphatic heterocycles. The molecule has 24 heavy (non-hydrogen) atoms. The summed E-state index contributed by atoms with van der Waals surface area (Å²) in [4.78, 5) is 12.2. The first-order valence-corrected chi connectivity index (χ1v) is 8.61. The van der Waals surface area contributed by atoms with E-state index in [9.17, 15) is 13.6 Å². The van der Waals surface area contributed by atoms with Gasteiger partial charge in [-0.25, -0.2) is 8.78 Å². The number of hydrogen-bond donors (Lipinski definition) is 1. The summed E-state index contributed by atoms with van der Waals surface area (Å²) in [7, 11) is 0. The van der Waals surface area contributed by atoms with E-state index in [-0.39, 0.29) is 29.7 Å². The lowest BCUT2D eigenvalue weighted by Gasteiger charge is -2.31. The third-order valence-corrected chi connectivity index (χ3v) is 4.69. The SMILES string of the molecule is O=C(NC1CCC(Oc2cc(F)cc(F)c2)CC1)C1CCCOC1. The molecule has 1 atom stereocenters. The highest BCUT2D eigenvalue weighted by Crippen LogP contribution is 2.25. The van der Waals surface area contributed by atoms with Gasteiger partial charge in [-0.2, -0.15) is 0 Å². The minimum absolute atomic E-state index is 0.0389. The van der Waals surface area contributed by atoms with Crippen molar-refractivity contribution in [3.63, 3.8) is 0 Å². The largest absolute Gasteiger partial charge is 0.490 e. The molecule has 1 aromatic rings. The molecule has 1 saturated heterocycles. The maximum Gasteiger partial charge on any atom is 0.225 e. The van der Waals surface area contributed by atoms with Crippen LogP contribution < -0.4 is 10.1 Å². The highest BCUT2D eigenvalue weighted by atomic mass is 19.1. The minimum atomic E-state index is -0.638. The molecular weight excluding hydrogens is 316 g/mol. The summed E-state index contributed by atoms with van der Waals surface area (Å²) in [5, 5.41) is 3.10. The molecule has 0 radical (unpaired) electrons. The van der Waals surface area contributed by atoms with E-state index in [4.69, 9.17) is 9.47 Å². The van der Waals surface area contributed by atoms with E-state index in [0.717, 1.165) is 51.2 Å². The average Bonchev–Trinajstić information content (AvgIpc) is 2.56. The van der Waals surface area contributed by atoms with Gasteiger partial charge in [0.05, 0.1) is 18.6 Å². The fourth-order valence-electron chi connectivity index (χ4n) is 3.38. The standard InChI is InChI=1S/C18H23F2NO3/c19-13-8-14(20)10-17(9-13)24-16-5-3-15(4-6-16)21-18(22)12-2-1-7-23-11-12/h8-10,12,15-16H,1-7,11H2,(H,21,22). The maximum atomic E-state index is 13.2. The van der Waals surface area contributed by atoms with Crippen LogP contribution in [0.15, 0.2) is 18.2 Å². The predicted octanol–water partition coefficient (Wildman–Crippen LogP) is 3.20. The van der Waals surface area contributed by atoms with Crippen molar-refractivity contribution in [3.8, 4) is 5.75 Å². The molecule has 1 N–H and O–H groups in total.